The Morgan fingerprint density at radius 3 is 2.08 bits per heavy atom. The fourth-order valence-corrected chi connectivity index (χ4v) is 7.25. The number of nitrogens with two attached hydrogens (primary N) is 1. The zero-order valence-corrected chi connectivity index (χ0v) is 24.3. The van der Waals surface area contributed by atoms with Crippen molar-refractivity contribution in [3.05, 3.63) is 46.5 Å². The molecule has 40 heavy (non-hydrogen) atoms. The van der Waals surface area contributed by atoms with Crippen LogP contribution in [0.2, 0.25) is 0 Å². The standard InChI is InChI=1S/C30H42N2O8/c1-28(2,3)11-13-12-9-10-14(29(4,5)6)21(33)16(12)22(34)17-15(13)23(35)19-20(32(7)8)24(36)18(27(31)39)26(38)30(19,40)25(17)37/h9-12,15-16,18-20,23-24,33,35-37,40H,1-8H3,(H2,31,39)/b13-11+/t12?,15-,16?,18?,19-,20+,23+,24?,30+/m1/s1. The number of ketones is 2. The third-order valence-electron chi connectivity index (χ3n) is 8.84. The maximum Gasteiger partial charge on any atom is 0.230 e. The highest BCUT2D eigenvalue weighted by atomic mass is 16.4. The van der Waals surface area contributed by atoms with Gasteiger partial charge in [0.2, 0.25) is 5.91 Å². The smallest absolute Gasteiger partial charge is 0.230 e. The molecule has 0 spiro atoms. The minimum absolute atomic E-state index is 0.182. The molecule has 0 aromatic rings. The van der Waals surface area contributed by atoms with Gasteiger partial charge in [0.15, 0.2) is 17.2 Å². The number of Topliss-reactive ketones (excluding diaryl/α,β-unsaturated/α-hetero) is 2. The molecule has 2 fully saturated rings. The Morgan fingerprint density at radius 2 is 1.60 bits per heavy atom. The molecular formula is C30H42N2O8. The lowest BCUT2D eigenvalue weighted by Gasteiger charge is -2.57. The molecule has 0 saturated heterocycles. The zero-order chi connectivity index (χ0) is 30.4. The van der Waals surface area contributed by atoms with Crippen LogP contribution in [0.15, 0.2) is 46.5 Å². The second kappa shape index (κ2) is 9.37. The highest BCUT2D eigenvalue weighted by Crippen LogP contribution is 2.57. The van der Waals surface area contributed by atoms with Gasteiger partial charge in [0.05, 0.1) is 18.1 Å². The Balaban J connectivity index is 2.07. The van der Waals surface area contributed by atoms with Gasteiger partial charge >= 0.3 is 0 Å². The third-order valence-corrected chi connectivity index (χ3v) is 8.84. The lowest BCUT2D eigenvalue weighted by atomic mass is 9.51. The van der Waals surface area contributed by atoms with Crippen LogP contribution in [0.25, 0.3) is 0 Å². The molecule has 9 atom stereocenters. The van der Waals surface area contributed by atoms with Crippen molar-refractivity contribution in [2.24, 2.45) is 46.2 Å². The van der Waals surface area contributed by atoms with Crippen LogP contribution in [-0.4, -0.2) is 85.9 Å². The van der Waals surface area contributed by atoms with Crippen LogP contribution in [0.5, 0.6) is 0 Å². The molecule has 0 aliphatic heterocycles. The number of fused-ring (bicyclic) bond motifs is 3. The minimum atomic E-state index is -2.88. The van der Waals surface area contributed by atoms with Gasteiger partial charge in [-0.1, -0.05) is 65.3 Å². The predicted molar refractivity (Wildman–Crippen MR) is 147 cm³/mol. The first-order chi connectivity index (χ1) is 18.2. The summed E-state index contributed by atoms with van der Waals surface area (Å²) in [7, 11) is 3.08. The number of amides is 1. The highest BCUT2D eigenvalue weighted by Gasteiger charge is 2.70. The molecule has 0 aromatic carbocycles. The number of rotatable bonds is 2. The fraction of sp³-hybridized carbons (Fsp3) is 0.633. The van der Waals surface area contributed by atoms with Crippen molar-refractivity contribution in [1.29, 1.82) is 0 Å². The maximum absolute atomic E-state index is 14.2. The molecule has 10 heteroatoms. The number of nitrogens with zero attached hydrogens (tertiary/aromatic N) is 1. The molecule has 4 unspecified atom stereocenters. The summed E-state index contributed by atoms with van der Waals surface area (Å²) >= 11 is 0. The Kier molecular flexibility index (Phi) is 7.07. The van der Waals surface area contributed by atoms with Gasteiger partial charge in [0, 0.05) is 29.4 Å². The van der Waals surface area contributed by atoms with E-state index in [1.807, 2.05) is 53.7 Å². The van der Waals surface area contributed by atoms with Gasteiger partial charge in [0.25, 0.3) is 0 Å². The average Bonchev–Trinajstić information content (AvgIpc) is 2.78. The number of hydrogen-bond donors (Lipinski definition) is 6. The van der Waals surface area contributed by atoms with Crippen LogP contribution in [-0.2, 0) is 14.4 Å². The molecular weight excluding hydrogens is 516 g/mol. The summed E-state index contributed by atoms with van der Waals surface area (Å²) in [5.41, 5.74) is 2.26. The maximum atomic E-state index is 14.2. The second-order valence-corrected chi connectivity index (χ2v) is 14.0. The summed E-state index contributed by atoms with van der Waals surface area (Å²) in [6.45, 7) is 11.4. The summed E-state index contributed by atoms with van der Waals surface area (Å²) in [5.74, 6) is -10.8. The van der Waals surface area contributed by atoms with Gasteiger partial charge in [-0.15, -0.1) is 0 Å². The number of carbonyl (C=O) groups is 3. The Labute approximate surface area is 234 Å². The van der Waals surface area contributed by atoms with Crippen LogP contribution >= 0.6 is 0 Å². The predicted octanol–water partition coefficient (Wildman–Crippen LogP) is 1.33. The Bertz CT molecular complexity index is 1280. The van der Waals surface area contributed by atoms with E-state index in [1.54, 1.807) is 20.2 Å². The van der Waals surface area contributed by atoms with Crippen molar-refractivity contribution >= 4 is 17.5 Å². The number of aliphatic hydroxyl groups excluding tert-OH is 4. The Hall–Kier alpha value is -2.79. The first-order valence-corrected chi connectivity index (χ1v) is 13.6. The summed E-state index contributed by atoms with van der Waals surface area (Å²) in [6, 6.07) is -1.19. The van der Waals surface area contributed by atoms with E-state index in [-0.39, 0.29) is 11.3 Å². The number of primary amides is 1. The molecule has 4 aliphatic rings. The topological polar surface area (TPSA) is 182 Å². The normalized spacial score (nSPS) is 39.5. The number of allylic oxidation sites excluding steroid dienone is 5. The molecule has 4 aliphatic carbocycles. The molecule has 0 aromatic heterocycles. The summed E-state index contributed by atoms with van der Waals surface area (Å²) in [6.07, 6.45) is 2.15. The first-order valence-electron chi connectivity index (χ1n) is 13.6. The minimum Gasteiger partial charge on any atom is -0.511 e. The van der Waals surface area contributed by atoms with Gasteiger partial charge in [-0.3, -0.25) is 14.4 Å². The first kappa shape index (κ1) is 30.2. The zero-order valence-electron chi connectivity index (χ0n) is 24.3. The van der Waals surface area contributed by atoms with E-state index in [2.05, 4.69) is 0 Å². The summed E-state index contributed by atoms with van der Waals surface area (Å²) in [5, 5.41) is 58.2. The summed E-state index contributed by atoms with van der Waals surface area (Å²) in [4.78, 5) is 41.6. The van der Waals surface area contributed by atoms with Crippen LogP contribution < -0.4 is 5.73 Å². The van der Waals surface area contributed by atoms with Crippen LogP contribution in [0.3, 0.4) is 0 Å². The van der Waals surface area contributed by atoms with Gasteiger partial charge in [-0.25, -0.2) is 0 Å². The third kappa shape index (κ3) is 4.19. The largest absolute Gasteiger partial charge is 0.511 e. The van der Waals surface area contributed by atoms with Crippen molar-refractivity contribution in [2.75, 3.05) is 14.1 Å². The molecule has 10 nitrogen and oxygen atoms in total. The molecule has 2 saturated carbocycles. The SMILES string of the molecule is CN(C)[C@@H]1C(O)C(C(N)=O)C(=O)[C@@]2(O)C(O)=C3C(=O)C4C(O)=C(C(C)(C)C)C=CC4/C(=C\C(C)(C)C)[C@H]3[C@H](O)[C@@H]12. The van der Waals surface area contributed by atoms with E-state index in [0.29, 0.717) is 11.1 Å². The number of carbonyl (C=O) groups excluding carboxylic acids is 3. The lowest BCUT2D eigenvalue weighted by molar-refractivity contribution is -0.193. The Morgan fingerprint density at radius 1 is 1.02 bits per heavy atom. The van der Waals surface area contributed by atoms with Crippen LogP contribution in [0.4, 0.5) is 0 Å². The van der Waals surface area contributed by atoms with Gasteiger partial charge in [-0.05, 0) is 30.5 Å². The van der Waals surface area contributed by atoms with Gasteiger partial charge in [0.1, 0.15) is 17.4 Å². The summed E-state index contributed by atoms with van der Waals surface area (Å²) < 4.78 is 0. The van der Waals surface area contributed by atoms with Gasteiger partial charge in [-0.2, -0.15) is 0 Å². The van der Waals surface area contributed by atoms with Crippen molar-refractivity contribution in [1.82, 2.24) is 4.90 Å². The highest BCUT2D eigenvalue weighted by molar-refractivity contribution is 6.10. The average molecular weight is 559 g/mol. The molecule has 0 heterocycles. The molecule has 220 valence electrons. The van der Waals surface area contributed by atoms with E-state index >= 15 is 0 Å². The number of likely N-dealkylation sites (N-methyl/N-ethyl adjacent to an activating group) is 1. The monoisotopic (exact) mass is 558 g/mol. The fourth-order valence-electron chi connectivity index (χ4n) is 7.25. The van der Waals surface area contributed by atoms with Crippen molar-refractivity contribution in [3.8, 4) is 0 Å². The quantitative estimate of drug-likeness (QED) is 0.215. The van der Waals surface area contributed by atoms with E-state index in [1.165, 1.54) is 4.90 Å². The van der Waals surface area contributed by atoms with E-state index in [4.69, 9.17) is 5.73 Å². The molecule has 7 N–H and O–H groups in total. The van der Waals surface area contributed by atoms with Crippen molar-refractivity contribution < 1.29 is 39.9 Å². The number of aliphatic hydroxyl groups is 5. The van der Waals surface area contributed by atoms with E-state index in [0.717, 1.165) is 0 Å². The van der Waals surface area contributed by atoms with Crippen molar-refractivity contribution in [2.45, 2.75) is 65.4 Å². The van der Waals surface area contributed by atoms with Crippen molar-refractivity contribution in [3.63, 3.8) is 0 Å². The van der Waals surface area contributed by atoms with E-state index < -0.39 is 87.5 Å². The lowest BCUT2D eigenvalue weighted by Crippen LogP contribution is -2.74. The van der Waals surface area contributed by atoms with Gasteiger partial charge < -0.3 is 36.2 Å². The molecule has 1 amide bonds. The second-order valence-electron chi connectivity index (χ2n) is 14.0. The van der Waals surface area contributed by atoms with Crippen LogP contribution in [0.1, 0.15) is 41.5 Å². The molecule has 0 radical (unpaired) electrons. The van der Waals surface area contributed by atoms with Crippen LogP contribution in [0, 0.1) is 40.4 Å². The van der Waals surface area contributed by atoms with E-state index in [9.17, 15) is 39.9 Å². The molecule has 4 rings (SSSR count). The molecule has 0 bridgehead atoms. The number of hydrogen-bond acceptors (Lipinski definition) is 9.